The average molecular weight is 868 g/mol. The van der Waals surface area contributed by atoms with E-state index in [1.54, 1.807) is 30.1 Å². The van der Waals surface area contributed by atoms with Crippen molar-refractivity contribution in [2.24, 2.45) is 11.8 Å². The van der Waals surface area contributed by atoms with Gasteiger partial charge in [-0.15, -0.1) is 10.9 Å². The van der Waals surface area contributed by atoms with Crippen LogP contribution in [-0.2, 0) is 14.3 Å². The molecule has 2 saturated heterocycles. The number of hydrogen-bond donors (Lipinski definition) is 5. The average Bonchev–Trinajstić information content (AvgIpc) is 4.14. The molecule has 4 aromatic carbocycles. The van der Waals surface area contributed by atoms with Gasteiger partial charge in [0, 0.05) is 46.4 Å². The molecule has 4 unspecified atom stereocenters. The quantitative estimate of drug-likeness (QED) is 0.0345. The fourth-order valence-corrected chi connectivity index (χ4v) is 9.48. The van der Waals surface area contributed by atoms with Crippen molar-refractivity contribution in [2.75, 3.05) is 33.9 Å². The van der Waals surface area contributed by atoms with Gasteiger partial charge in [0.1, 0.15) is 23.7 Å². The molecule has 0 saturated carbocycles. The van der Waals surface area contributed by atoms with Crippen molar-refractivity contribution in [1.82, 2.24) is 35.2 Å². The van der Waals surface area contributed by atoms with Gasteiger partial charge in [-0.25, -0.2) is 14.8 Å². The Morgan fingerprint density at radius 2 is 1.75 bits per heavy atom. The number of hydroxylamine groups is 2. The van der Waals surface area contributed by atoms with Crippen LogP contribution in [-0.4, -0.2) is 103 Å². The smallest absolute Gasteiger partial charge is 0.453 e. The molecule has 2 fully saturated rings. The number of hydrogen-bond acceptors (Lipinski definition) is 9. The van der Waals surface area contributed by atoms with Crippen LogP contribution in [0, 0.1) is 23.7 Å². The first-order chi connectivity index (χ1) is 30.9. The Morgan fingerprint density at radius 3 is 2.47 bits per heavy atom. The topological polar surface area (TPSA) is 186 Å². The van der Waals surface area contributed by atoms with E-state index in [1.807, 2.05) is 75.4 Å². The van der Waals surface area contributed by atoms with Crippen LogP contribution in [0.1, 0.15) is 87.9 Å². The van der Waals surface area contributed by atoms with Crippen molar-refractivity contribution < 1.29 is 38.9 Å². The number of likely N-dealkylation sites (tertiary alicyclic amines) is 1. The van der Waals surface area contributed by atoms with E-state index < -0.39 is 35.1 Å². The Bertz CT molecular complexity index is 2760. The number of H-pyrrole nitrogens is 2. The van der Waals surface area contributed by atoms with Gasteiger partial charge in [0.2, 0.25) is 5.91 Å². The van der Waals surface area contributed by atoms with Gasteiger partial charge in [0.15, 0.2) is 6.04 Å². The largest absolute Gasteiger partial charge is 0.568 e. The highest BCUT2D eigenvalue weighted by Crippen LogP contribution is 2.44. The van der Waals surface area contributed by atoms with Gasteiger partial charge < -0.3 is 34.8 Å². The number of carboxylic acid groups (broad SMARTS) is 1. The first-order valence-corrected chi connectivity index (χ1v) is 21.7. The van der Waals surface area contributed by atoms with Crippen molar-refractivity contribution in [2.45, 2.75) is 71.1 Å². The number of ether oxygens (including phenoxy) is 2. The van der Waals surface area contributed by atoms with E-state index in [9.17, 15) is 24.7 Å². The van der Waals surface area contributed by atoms with Crippen LogP contribution < -0.4 is 5.32 Å². The maximum absolute atomic E-state index is 13.7. The number of aromatic amines is 2. The molecule has 8 rings (SSSR count). The third-order valence-corrected chi connectivity index (χ3v) is 12.8. The predicted octanol–water partition coefficient (Wildman–Crippen LogP) is 8.76. The van der Waals surface area contributed by atoms with Gasteiger partial charge in [-0.3, -0.25) is 4.79 Å². The van der Waals surface area contributed by atoms with E-state index in [0.29, 0.717) is 43.3 Å². The lowest BCUT2D eigenvalue weighted by atomic mass is 9.95. The molecule has 3 amide bonds. The SMILES string of the molecule is CC#Cc1cc(-c2cnc(C3CCCN3C(=O)C(NC(=O)OC)C(C)C)[nH]2)ccc1-c1ccc2c(ccc3[nH]c([C@@H]4C[C@H](COC)CN4[N+](O)(C(=O)O)C(C)c4ccccc4)nc32)c1. The molecule has 15 nitrogen and oxygen atoms in total. The molecule has 5 N–H and O–H groups in total. The summed E-state index contributed by atoms with van der Waals surface area (Å²) in [5, 5.41) is 29.0. The third kappa shape index (κ3) is 8.21. The molecule has 2 aliphatic heterocycles. The second kappa shape index (κ2) is 18.3. The first-order valence-electron chi connectivity index (χ1n) is 21.7. The van der Waals surface area contributed by atoms with Gasteiger partial charge in [-0.1, -0.05) is 80.4 Å². The van der Waals surface area contributed by atoms with E-state index in [-0.39, 0.29) is 23.8 Å². The minimum Gasteiger partial charge on any atom is -0.453 e. The number of rotatable bonds is 12. The summed E-state index contributed by atoms with van der Waals surface area (Å²) in [4.78, 5) is 57.4. The second-order valence-electron chi connectivity index (χ2n) is 17.1. The van der Waals surface area contributed by atoms with Crippen LogP contribution in [0.5, 0.6) is 0 Å². The van der Waals surface area contributed by atoms with Crippen LogP contribution >= 0.6 is 0 Å². The minimum atomic E-state index is -1.38. The summed E-state index contributed by atoms with van der Waals surface area (Å²) >= 11 is 0. The Hall–Kier alpha value is -6.57. The lowest BCUT2D eigenvalue weighted by Crippen LogP contribution is -2.62. The molecular formula is C49H55N8O7+. The number of imidazole rings is 2. The summed E-state index contributed by atoms with van der Waals surface area (Å²) in [5.41, 5.74) is 6.71. The molecule has 6 atom stereocenters. The Labute approximate surface area is 371 Å². The normalized spacial score (nSPS) is 19.6. The van der Waals surface area contributed by atoms with Crippen LogP contribution in [0.3, 0.4) is 0 Å². The maximum atomic E-state index is 13.7. The Morgan fingerprint density at radius 1 is 0.969 bits per heavy atom. The van der Waals surface area contributed by atoms with Crippen molar-refractivity contribution in [3.05, 3.63) is 108 Å². The summed E-state index contributed by atoms with van der Waals surface area (Å²) in [6.07, 6.45) is 1.87. The molecule has 6 aromatic rings. The number of nitrogens with zero attached hydrogens (tertiary/aromatic N) is 5. The minimum absolute atomic E-state index is 0.0363. The van der Waals surface area contributed by atoms with Crippen molar-refractivity contribution in [3.63, 3.8) is 0 Å². The van der Waals surface area contributed by atoms with Gasteiger partial charge >= 0.3 is 12.2 Å². The zero-order chi connectivity index (χ0) is 45.3. The summed E-state index contributed by atoms with van der Waals surface area (Å²) in [7, 11) is 2.91. The van der Waals surface area contributed by atoms with Crippen molar-refractivity contribution in [1.29, 1.82) is 0 Å². The fourth-order valence-electron chi connectivity index (χ4n) is 9.48. The lowest BCUT2D eigenvalue weighted by Gasteiger charge is -2.38. The number of amides is 3. The third-order valence-electron chi connectivity index (χ3n) is 12.8. The zero-order valence-corrected chi connectivity index (χ0v) is 37.0. The molecule has 0 bridgehead atoms. The molecule has 2 aromatic heterocycles. The number of benzene rings is 4. The highest BCUT2D eigenvalue weighted by molar-refractivity contribution is 6.05. The Kier molecular flexibility index (Phi) is 12.6. The highest BCUT2D eigenvalue weighted by atomic mass is 16.7. The van der Waals surface area contributed by atoms with Crippen molar-refractivity contribution in [3.8, 4) is 34.2 Å². The summed E-state index contributed by atoms with van der Waals surface area (Å²) in [6, 6.07) is 23.3. The number of quaternary nitrogens is 1. The number of nitrogens with one attached hydrogen (secondary N) is 3. The van der Waals surface area contributed by atoms with Crippen LogP contribution in [0.15, 0.2) is 85.1 Å². The number of aromatic nitrogens is 4. The number of alkyl carbamates (subject to hydrolysis) is 1. The van der Waals surface area contributed by atoms with Gasteiger partial charge in [0.05, 0.1) is 49.2 Å². The summed E-state index contributed by atoms with van der Waals surface area (Å²) in [5.74, 6) is 7.30. The molecule has 64 heavy (non-hydrogen) atoms. The molecule has 0 radical (unpaired) electrons. The standard InChI is InChI=1S/C49H54N8O7/c1-7-12-33-25-36(40-26-50-45(52-40)41-15-11-22-55(41)47(58)43(29(2)3)54-48(59)64-6)17-19-37(33)34-16-20-38-35(24-34)18-21-39-44(38)53-46(51-39)42-23-31(28-63-5)27-56(42)57(62,49(60)61)30(4)32-13-9-8-10-14-32/h8-10,13-14,16-21,24-26,29-31,41-43,62H,11,15,22-23,27-28H2,1-6H3,(H3-,50,51,52,53,54,59,60,61)/p+1/t30?,31-,41?,42-,43?,57?/m0/s1. The molecule has 332 valence electrons. The number of carbonyl (C=O) groups is 3. The van der Waals surface area contributed by atoms with E-state index in [0.717, 1.165) is 62.6 Å². The van der Waals surface area contributed by atoms with E-state index in [1.165, 1.54) is 7.11 Å². The van der Waals surface area contributed by atoms with E-state index in [4.69, 9.17) is 19.4 Å². The molecule has 4 heterocycles. The van der Waals surface area contributed by atoms with Crippen LogP contribution in [0.4, 0.5) is 9.59 Å². The van der Waals surface area contributed by atoms with E-state index in [2.05, 4.69) is 51.4 Å². The Balaban J connectivity index is 1.08. The van der Waals surface area contributed by atoms with Crippen LogP contribution in [0.25, 0.3) is 44.2 Å². The number of methoxy groups -OCH3 is 2. The van der Waals surface area contributed by atoms with E-state index >= 15 is 0 Å². The first kappa shape index (κ1) is 44.1. The van der Waals surface area contributed by atoms with Crippen LogP contribution in [0.2, 0.25) is 0 Å². The zero-order valence-electron chi connectivity index (χ0n) is 37.0. The highest BCUT2D eigenvalue weighted by Gasteiger charge is 2.56. The molecule has 15 heteroatoms. The maximum Gasteiger partial charge on any atom is 0.568 e. The van der Waals surface area contributed by atoms with Crippen molar-refractivity contribution >= 4 is 39.9 Å². The predicted molar refractivity (Wildman–Crippen MR) is 241 cm³/mol. The lowest BCUT2D eigenvalue weighted by molar-refractivity contribution is -1.15. The number of fused-ring (bicyclic) bond motifs is 3. The summed E-state index contributed by atoms with van der Waals surface area (Å²) < 4.78 is 8.98. The number of carbonyl (C=O) groups excluding carboxylic acids is 2. The molecular weight excluding hydrogens is 813 g/mol. The monoisotopic (exact) mass is 867 g/mol. The van der Waals surface area contributed by atoms with Gasteiger partial charge in [-0.2, -0.15) is 10.0 Å². The second-order valence-corrected chi connectivity index (χ2v) is 17.1. The van der Waals surface area contributed by atoms with Gasteiger partial charge in [-0.05, 0) is 73.7 Å². The van der Waals surface area contributed by atoms with Gasteiger partial charge in [0.25, 0.3) is 0 Å². The summed E-state index contributed by atoms with van der Waals surface area (Å²) in [6.45, 7) is 8.58. The molecule has 0 aliphatic carbocycles. The molecule has 2 aliphatic rings. The molecule has 0 spiro atoms. The fraction of sp³-hybridized carbons (Fsp3) is 0.367.